The van der Waals surface area contributed by atoms with E-state index >= 15 is 0 Å². The molecule has 1 aromatic heterocycles. The van der Waals surface area contributed by atoms with Gasteiger partial charge in [-0.25, -0.2) is 4.98 Å². The zero-order valence-electron chi connectivity index (χ0n) is 15.9. The van der Waals surface area contributed by atoms with Crippen LogP contribution in [0.15, 0.2) is 48.8 Å². The molecule has 1 fully saturated rings. The van der Waals surface area contributed by atoms with Gasteiger partial charge in [0.25, 0.3) is 5.91 Å². The van der Waals surface area contributed by atoms with E-state index in [9.17, 15) is 4.79 Å². The van der Waals surface area contributed by atoms with Gasteiger partial charge in [-0.05, 0) is 49.9 Å². The first-order chi connectivity index (χ1) is 13.2. The van der Waals surface area contributed by atoms with Crippen LogP contribution in [0.3, 0.4) is 0 Å². The highest BCUT2D eigenvalue weighted by Crippen LogP contribution is 2.30. The number of imidazole rings is 1. The van der Waals surface area contributed by atoms with Gasteiger partial charge >= 0.3 is 0 Å². The van der Waals surface area contributed by atoms with Crippen molar-refractivity contribution >= 4 is 16.9 Å². The van der Waals surface area contributed by atoms with Crippen molar-refractivity contribution in [3.8, 4) is 0 Å². The predicted octanol–water partition coefficient (Wildman–Crippen LogP) is 4.82. The molecule has 27 heavy (non-hydrogen) atoms. The van der Waals surface area contributed by atoms with Crippen molar-refractivity contribution in [1.29, 1.82) is 0 Å². The van der Waals surface area contributed by atoms with E-state index in [-0.39, 0.29) is 5.91 Å². The maximum Gasteiger partial charge on any atom is 0.251 e. The van der Waals surface area contributed by atoms with Crippen molar-refractivity contribution in [2.75, 3.05) is 6.54 Å². The Balaban J connectivity index is 1.41. The van der Waals surface area contributed by atoms with Crippen LogP contribution < -0.4 is 5.32 Å². The minimum absolute atomic E-state index is 0.0308. The van der Waals surface area contributed by atoms with Gasteiger partial charge in [0.1, 0.15) is 0 Å². The molecule has 1 aliphatic carbocycles. The lowest BCUT2D eigenvalue weighted by Gasteiger charge is -2.23. The van der Waals surface area contributed by atoms with Crippen LogP contribution in [0.2, 0.25) is 0 Å². The standard InChI is InChI=1S/C23H27N3O/c1-17-6-5-7-18(14-17)12-13-24-23(27)19-10-11-22-21(15-19)25-16-26(22)20-8-3-2-4-9-20/h5-7,10-11,14-16,20H,2-4,8-9,12-13H2,1H3,(H,24,27). The van der Waals surface area contributed by atoms with E-state index in [0.29, 0.717) is 18.2 Å². The summed E-state index contributed by atoms with van der Waals surface area (Å²) in [6, 6.07) is 14.8. The molecule has 0 atom stereocenters. The molecule has 0 bridgehead atoms. The molecule has 1 aliphatic rings. The topological polar surface area (TPSA) is 46.9 Å². The molecule has 4 rings (SSSR count). The van der Waals surface area contributed by atoms with Gasteiger partial charge in [0.05, 0.1) is 17.4 Å². The van der Waals surface area contributed by atoms with Gasteiger partial charge in [-0.1, -0.05) is 49.1 Å². The van der Waals surface area contributed by atoms with Gasteiger partial charge in [0, 0.05) is 18.2 Å². The van der Waals surface area contributed by atoms with Crippen LogP contribution >= 0.6 is 0 Å². The summed E-state index contributed by atoms with van der Waals surface area (Å²) in [5, 5.41) is 3.03. The highest BCUT2D eigenvalue weighted by atomic mass is 16.1. The number of aromatic nitrogens is 2. The third-order valence-electron chi connectivity index (χ3n) is 5.59. The molecule has 2 aromatic carbocycles. The number of carbonyl (C=O) groups is 1. The largest absolute Gasteiger partial charge is 0.352 e. The van der Waals surface area contributed by atoms with Crippen LogP contribution in [-0.2, 0) is 6.42 Å². The summed E-state index contributed by atoms with van der Waals surface area (Å²) in [7, 11) is 0. The molecule has 1 saturated carbocycles. The lowest BCUT2D eigenvalue weighted by Crippen LogP contribution is -2.25. The molecule has 3 aromatic rings. The van der Waals surface area contributed by atoms with Crippen molar-refractivity contribution < 1.29 is 4.79 Å². The molecule has 0 saturated heterocycles. The maximum atomic E-state index is 12.5. The van der Waals surface area contributed by atoms with Gasteiger partial charge in [-0.3, -0.25) is 4.79 Å². The molecule has 0 unspecified atom stereocenters. The van der Waals surface area contributed by atoms with Crippen molar-refractivity contribution in [2.24, 2.45) is 0 Å². The van der Waals surface area contributed by atoms with Gasteiger partial charge in [0.2, 0.25) is 0 Å². The number of aryl methyl sites for hydroxylation is 1. The monoisotopic (exact) mass is 361 g/mol. The summed E-state index contributed by atoms with van der Waals surface area (Å²) in [6.45, 7) is 2.72. The van der Waals surface area contributed by atoms with Crippen molar-refractivity contribution in [3.05, 3.63) is 65.5 Å². The molecule has 140 valence electrons. The Morgan fingerprint density at radius 3 is 2.81 bits per heavy atom. The van der Waals surface area contributed by atoms with Crippen LogP contribution in [0.5, 0.6) is 0 Å². The molecule has 4 nitrogen and oxygen atoms in total. The summed E-state index contributed by atoms with van der Waals surface area (Å²) in [6.07, 6.45) is 9.18. The highest BCUT2D eigenvalue weighted by molar-refractivity contribution is 5.97. The second-order valence-corrected chi connectivity index (χ2v) is 7.64. The van der Waals surface area contributed by atoms with E-state index < -0.39 is 0 Å². The Morgan fingerprint density at radius 2 is 2.00 bits per heavy atom. The minimum Gasteiger partial charge on any atom is -0.352 e. The first kappa shape index (κ1) is 17.8. The number of benzene rings is 2. The quantitative estimate of drug-likeness (QED) is 0.708. The molecule has 0 spiro atoms. The number of fused-ring (bicyclic) bond motifs is 1. The minimum atomic E-state index is -0.0308. The summed E-state index contributed by atoms with van der Waals surface area (Å²) >= 11 is 0. The van der Waals surface area contributed by atoms with Crippen molar-refractivity contribution in [1.82, 2.24) is 14.9 Å². The lowest BCUT2D eigenvalue weighted by atomic mass is 9.95. The predicted molar refractivity (Wildman–Crippen MR) is 109 cm³/mol. The van der Waals surface area contributed by atoms with Crippen LogP contribution in [0.1, 0.15) is 59.6 Å². The summed E-state index contributed by atoms with van der Waals surface area (Å²) < 4.78 is 2.30. The molecule has 4 heteroatoms. The first-order valence-corrected chi connectivity index (χ1v) is 10.0. The fourth-order valence-electron chi connectivity index (χ4n) is 4.11. The number of nitrogens with one attached hydrogen (secondary N) is 1. The normalized spacial score (nSPS) is 15.1. The van der Waals surface area contributed by atoms with Gasteiger partial charge in [-0.2, -0.15) is 0 Å². The Kier molecular flexibility index (Phi) is 5.23. The van der Waals surface area contributed by atoms with Crippen LogP contribution in [0, 0.1) is 6.92 Å². The van der Waals surface area contributed by atoms with Gasteiger partial charge in [-0.15, -0.1) is 0 Å². The highest BCUT2D eigenvalue weighted by Gasteiger charge is 2.18. The van der Waals surface area contributed by atoms with E-state index in [4.69, 9.17) is 0 Å². The summed E-state index contributed by atoms with van der Waals surface area (Å²) in [5.74, 6) is -0.0308. The average Bonchev–Trinajstić information content (AvgIpc) is 3.12. The number of hydrogen-bond acceptors (Lipinski definition) is 2. The van der Waals surface area contributed by atoms with E-state index in [2.05, 4.69) is 46.1 Å². The van der Waals surface area contributed by atoms with Gasteiger partial charge in [0.15, 0.2) is 0 Å². The Hall–Kier alpha value is -2.62. The SMILES string of the molecule is Cc1cccc(CCNC(=O)c2ccc3c(c2)ncn3C2CCCCC2)c1. The number of amides is 1. The van der Waals surface area contributed by atoms with Crippen molar-refractivity contribution in [2.45, 2.75) is 51.5 Å². The smallest absolute Gasteiger partial charge is 0.251 e. The van der Waals surface area contributed by atoms with Crippen LogP contribution in [0.4, 0.5) is 0 Å². The second kappa shape index (κ2) is 7.95. The molecule has 1 N–H and O–H groups in total. The van der Waals surface area contributed by atoms with Crippen molar-refractivity contribution in [3.63, 3.8) is 0 Å². The third kappa shape index (κ3) is 4.05. The molecule has 1 heterocycles. The molecular formula is C23H27N3O. The van der Waals surface area contributed by atoms with E-state index in [1.807, 2.05) is 24.5 Å². The Labute approximate surface area is 160 Å². The first-order valence-electron chi connectivity index (χ1n) is 10.0. The molecule has 1 amide bonds. The molecular weight excluding hydrogens is 334 g/mol. The Morgan fingerprint density at radius 1 is 1.15 bits per heavy atom. The number of nitrogens with zero attached hydrogens (tertiary/aromatic N) is 2. The zero-order chi connectivity index (χ0) is 18.6. The second-order valence-electron chi connectivity index (χ2n) is 7.64. The van der Waals surface area contributed by atoms with E-state index in [1.54, 1.807) is 0 Å². The van der Waals surface area contributed by atoms with Gasteiger partial charge < -0.3 is 9.88 Å². The summed E-state index contributed by atoms with van der Waals surface area (Å²) in [5.41, 5.74) is 5.22. The maximum absolute atomic E-state index is 12.5. The average molecular weight is 361 g/mol. The zero-order valence-corrected chi connectivity index (χ0v) is 15.9. The van der Waals surface area contributed by atoms with E-state index in [0.717, 1.165) is 17.5 Å². The van der Waals surface area contributed by atoms with Crippen LogP contribution in [-0.4, -0.2) is 22.0 Å². The number of rotatable bonds is 5. The molecule has 0 aliphatic heterocycles. The molecule has 0 radical (unpaired) electrons. The van der Waals surface area contributed by atoms with E-state index in [1.165, 1.54) is 43.2 Å². The fourth-order valence-corrected chi connectivity index (χ4v) is 4.11. The third-order valence-corrected chi connectivity index (χ3v) is 5.59. The van der Waals surface area contributed by atoms with Crippen LogP contribution in [0.25, 0.3) is 11.0 Å². The number of carbonyl (C=O) groups excluding carboxylic acids is 1. The lowest BCUT2D eigenvalue weighted by molar-refractivity contribution is 0.0954. The Bertz CT molecular complexity index is 938. The summed E-state index contributed by atoms with van der Waals surface area (Å²) in [4.78, 5) is 17.1. The fraction of sp³-hybridized carbons (Fsp3) is 0.391. The number of hydrogen-bond donors (Lipinski definition) is 1.